The summed E-state index contributed by atoms with van der Waals surface area (Å²) in [5, 5.41) is 2.95. The third-order valence-corrected chi connectivity index (χ3v) is 4.00. The van der Waals surface area contributed by atoms with Crippen molar-refractivity contribution >= 4 is 17.5 Å². The maximum Gasteiger partial charge on any atom is 0.243 e. The predicted molar refractivity (Wildman–Crippen MR) is 88.8 cm³/mol. The van der Waals surface area contributed by atoms with Crippen LogP contribution in [0.1, 0.15) is 53.0 Å². The van der Waals surface area contributed by atoms with Gasteiger partial charge in [0, 0.05) is 11.2 Å². The molecule has 0 aliphatic carbocycles. The third-order valence-electron chi connectivity index (χ3n) is 4.00. The van der Waals surface area contributed by atoms with Crippen LogP contribution in [-0.4, -0.2) is 23.4 Å². The zero-order valence-electron chi connectivity index (χ0n) is 14.6. The Bertz CT molecular complexity index is 634. The van der Waals surface area contributed by atoms with E-state index in [1.54, 1.807) is 13.0 Å². The monoisotopic (exact) mass is 320 g/mol. The maximum atomic E-state index is 13.5. The Balaban J connectivity index is 2.45. The molecule has 0 aromatic heterocycles. The lowest BCUT2D eigenvalue weighted by molar-refractivity contribution is -0.128. The molecule has 5 heteroatoms. The predicted octanol–water partition coefficient (Wildman–Crippen LogP) is 3.22. The van der Waals surface area contributed by atoms with Gasteiger partial charge in [0.05, 0.1) is 5.92 Å². The lowest BCUT2D eigenvalue weighted by Crippen LogP contribution is -2.55. The molecule has 126 valence electrons. The lowest BCUT2D eigenvalue weighted by Gasteiger charge is -2.33. The molecule has 23 heavy (non-hydrogen) atoms. The number of carbonyl (C=O) groups is 2. The van der Waals surface area contributed by atoms with Crippen molar-refractivity contribution in [2.45, 2.75) is 59.0 Å². The highest BCUT2D eigenvalue weighted by Crippen LogP contribution is 2.40. The zero-order chi connectivity index (χ0) is 17.5. The number of fused-ring (bicyclic) bond motifs is 1. The Morgan fingerprint density at radius 1 is 1.30 bits per heavy atom. The van der Waals surface area contributed by atoms with Crippen molar-refractivity contribution in [2.24, 2.45) is 5.92 Å². The first-order valence-electron chi connectivity index (χ1n) is 7.97. The van der Waals surface area contributed by atoms with Crippen LogP contribution in [0.15, 0.2) is 18.2 Å². The van der Waals surface area contributed by atoms with E-state index >= 15 is 0 Å². The molecule has 0 saturated heterocycles. The summed E-state index contributed by atoms with van der Waals surface area (Å²) in [5.41, 5.74) is 0.889. The van der Waals surface area contributed by atoms with Gasteiger partial charge in [-0.2, -0.15) is 0 Å². The van der Waals surface area contributed by atoms with E-state index in [1.165, 1.54) is 17.0 Å². The average molecular weight is 320 g/mol. The molecule has 0 radical (unpaired) electrons. The van der Waals surface area contributed by atoms with Crippen molar-refractivity contribution < 1.29 is 14.0 Å². The molecule has 1 aliphatic heterocycles. The molecule has 0 bridgehead atoms. The number of hydrogen-bond donors (Lipinski definition) is 1. The van der Waals surface area contributed by atoms with Crippen molar-refractivity contribution in [2.75, 3.05) is 4.90 Å². The molecule has 4 nitrogen and oxygen atoms in total. The Hall–Kier alpha value is -1.91. The molecule has 1 aliphatic rings. The van der Waals surface area contributed by atoms with Crippen molar-refractivity contribution in [3.05, 3.63) is 29.6 Å². The van der Waals surface area contributed by atoms with Crippen LogP contribution in [0.5, 0.6) is 0 Å². The second kappa shape index (κ2) is 5.95. The summed E-state index contributed by atoms with van der Waals surface area (Å²) in [6.45, 7) is 11.3. The van der Waals surface area contributed by atoms with Crippen LogP contribution in [0.2, 0.25) is 0 Å². The van der Waals surface area contributed by atoms with Crippen LogP contribution in [0, 0.1) is 11.7 Å². The second-order valence-corrected chi connectivity index (χ2v) is 7.56. The van der Waals surface area contributed by atoms with Gasteiger partial charge in [0.15, 0.2) is 0 Å². The number of rotatable bonds is 3. The van der Waals surface area contributed by atoms with Gasteiger partial charge >= 0.3 is 0 Å². The molecule has 1 aromatic carbocycles. The topological polar surface area (TPSA) is 49.4 Å². The van der Waals surface area contributed by atoms with E-state index in [-0.39, 0.29) is 29.1 Å². The van der Waals surface area contributed by atoms with Gasteiger partial charge in [0.1, 0.15) is 11.9 Å². The summed E-state index contributed by atoms with van der Waals surface area (Å²) in [5.74, 6) is -1.22. The Labute approximate surface area is 137 Å². The van der Waals surface area contributed by atoms with Crippen LogP contribution in [0.3, 0.4) is 0 Å². The first-order valence-corrected chi connectivity index (χ1v) is 7.97. The van der Waals surface area contributed by atoms with Crippen molar-refractivity contribution in [3.63, 3.8) is 0 Å². The average Bonchev–Trinajstić information content (AvgIpc) is 2.62. The summed E-state index contributed by atoms with van der Waals surface area (Å²) in [6.07, 6.45) is 0. The summed E-state index contributed by atoms with van der Waals surface area (Å²) in [7, 11) is 0. The van der Waals surface area contributed by atoms with Gasteiger partial charge in [-0.3, -0.25) is 14.5 Å². The van der Waals surface area contributed by atoms with Crippen molar-refractivity contribution in [3.8, 4) is 0 Å². The summed E-state index contributed by atoms with van der Waals surface area (Å²) >= 11 is 0. The van der Waals surface area contributed by atoms with E-state index < -0.39 is 12.0 Å². The molecule has 2 rings (SSSR count). The molecule has 1 heterocycles. The molecule has 0 fully saturated rings. The number of halogens is 1. The molecular weight excluding hydrogens is 295 g/mol. The van der Waals surface area contributed by atoms with E-state index in [0.717, 1.165) is 0 Å². The smallest absolute Gasteiger partial charge is 0.243 e. The number of carbonyl (C=O) groups excluding carboxylic acids is 2. The Morgan fingerprint density at radius 3 is 2.43 bits per heavy atom. The van der Waals surface area contributed by atoms with Gasteiger partial charge in [-0.1, -0.05) is 13.8 Å². The number of anilines is 1. The summed E-state index contributed by atoms with van der Waals surface area (Å²) in [6, 6.07) is 3.69. The zero-order valence-corrected chi connectivity index (χ0v) is 14.6. The fourth-order valence-electron chi connectivity index (χ4n) is 3.00. The van der Waals surface area contributed by atoms with Gasteiger partial charge in [0.25, 0.3) is 0 Å². The highest BCUT2D eigenvalue weighted by atomic mass is 19.1. The Kier molecular flexibility index (Phi) is 4.51. The maximum absolute atomic E-state index is 13.5. The van der Waals surface area contributed by atoms with E-state index in [4.69, 9.17) is 0 Å². The van der Waals surface area contributed by atoms with Crippen LogP contribution >= 0.6 is 0 Å². The lowest BCUT2D eigenvalue weighted by atomic mass is 9.99. The fraction of sp³-hybridized carbons (Fsp3) is 0.556. The quantitative estimate of drug-likeness (QED) is 0.929. The molecule has 0 spiro atoms. The van der Waals surface area contributed by atoms with Crippen LogP contribution in [0.4, 0.5) is 10.1 Å². The highest BCUT2D eigenvalue weighted by Gasteiger charge is 2.43. The first-order chi connectivity index (χ1) is 10.5. The standard InChI is InChI=1S/C18H25FN2O2/c1-10(2)15(16(22)20-18(4,5)6)21-14-8-7-12(19)9-13(14)11(3)17(21)23/h7-11,15H,1-6H3,(H,20,22). The van der Waals surface area contributed by atoms with Gasteiger partial charge in [0.2, 0.25) is 11.8 Å². The van der Waals surface area contributed by atoms with Crippen molar-refractivity contribution in [1.29, 1.82) is 0 Å². The third kappa shape index (κ3) is 3.38. The van der Waals surface area contributed by atoms with Crippen LogP contribution in [-0.2, 0) is 9.59 Å². The second-order valence-electron chi connectivity index (χ2n) is 7.56. The minimum absolute atomic E-state index is 0.0653. The molecule has 1 N–H and O–H groups in total. The van der Waals surface area contributed by atoms with Gasteiger partial charge < -0.3 is 5.32 Å². The van der Waals surface area contributed by atoms with E-state index in [9.17, 15) is 14.0 Å². The molecule has 2 unspecified atom stereocenters. The fourth-order valence-corrected chi connectivity index (χ4v) is 3.00. The number of hydrogen-bond acceptors (Lipinski definition) is 2. The van der Waals surface area contributed by atoms with E-state index in [0.29, 0.717) is 11.3 Å². The molecule has 2 amide bonds. The van der Waals surface area contributed by atoms with E-state index in [1.807, 2.05) is 34.6 Å². The van der Waals surface area contributed by atoms with Gasteiger partial charge in [-0.05, 0) is 57.4 Å². The Morgan fingerprint density at radius 2 is 1.91 bits per heavy atom. The SMILES string of the molecule is CC1C(=O)N(C(C(=O)NC(C)(C)C)C(C)C)c2ccc(F)cc21. The minimum atomic E-state index is -0.615. The minimum Gasteiger partial charge on any atom is -0.350 e. The number of nitrogens with zero attached hydrogens (tertiary/aromatic N) is 1. The molecule has 1 aromatic rings. The number of benzene rings is 1. The molecule has 2 atom stereocenters. The first kappa shape index (κ1) is 17.4. The largest absolute Gasteiger partial charge is 0.350 e. The van der Waals surface area contributed by atoms with Crippen LogP contribution in [0.25, 0.3) is 0 Å². The molecular formula is C18H25FN2O2. The van der Waals surface area contributed by atoms with Crippen LogP contribution < -0.4 is 10.2 Å². The van der Waals surface area contributed by atoms with Gasteiger partial charge in [-0.15, -0.1) is 0 Å². The van der Waals surface area contributed by atoms with Crippen molar-refractivity contribution in [1.82, 2.24) is 5.32 Å². The normalized spacial score (nSPS) is 19.0. The summed E-state index contributed by atoms with van der Waals surface area (Å²) < 4.78 is 13.5. The number of nitrogens with one attached hydrogen (secondary N) is 1. The number of amides is 2. The molecule has 0 saturated carbocycles. The summed E-state index contributed by atoms with van der Waals surface area (Å²) in [4.78, 5) is 27.0. The van der Waals surface area contributed by atoms with E-state index in [2.05, 4.69) is 5.32 Å². The van der Waals surface area contributed by atoms with Gasteiger partial charge in [-0.25, -0.2) is 4.39 Å². The highest BCUT2D eigenvalue weighted by molar-refractivity contribution is 6.09.